The maximum absolute atomic E-state index is 12.5. The maximum atomic E-state index is 12.5. The van der Waals surface area contributed by atoms with Crippen LogP contribution in [0.1, 0.15) is 22.8 Å². The molecule has 3 N–H and O–H groups in total. The minimum atomic E-state index is -0.316. The largest absolute Gasteiger partial charge is 0.493 e. The van der Waals surface area contributed by atoms with Crippen molar-refractivity contribution in [3.63, 3.8) is 0 Å². The van der Waals surface area contributed by atoms with E-state index in [0.29, 0.717) is 27.4 Å². The molecular formula is C24H20BrClN4O2S. The molecule has 4 rings (SSSR count). The minimum absolute atomic E-state index is 0.201. The lowest BCUT2D eigenvalue weighted by Crippen LogP contribution is -2.34. The summed E-state index contributed by atoms with van der Waals surface area (Å²) in [5.41, 5.74) is 4.86. The molecule has 0 aliphatic carbocycles. The van der Waals surface area contributed by atoms with Crippen LogP contribution in [-0.2, 0) is 0 Å². The van der Waals surface area contributed by atoms with E-state index >= 15 is 0 Å². The summed E-state index contributed by atoms with van der Waals surface area (Å²) in [5, 5.41) is 6.60. The van der Waals surface area contributed by atoms with E-state index in [1.54, 1.807) is 18.2 Å². The summed E-state index contributed by atoms with van der Waals surface area (Å²) >= 11 is 14.9. The van der Waals surface area contributed by atoms with E-state index in [9.17, 15) is 4.79 Å². The first kappa shape index (κ1) is 23.2. The fraction of sp³-hybridized carbons (Fsp3) is 0.125. The van der Waals surface area contributed by atoms with Crippen molar-refractivity contribution >= 4 is 67.5 Å². The number of H-pyrrole nitrogens is 1. The van der Waals surface area contributed by atoms with E-state index in [2.05, 4.69) is 36.5 Å². The van der Waals surface area contributed by atoms with Crippen molar-refractivity contribution in [1.82, 2.24) is 15.3 Å². The molecule has 1 heterocycles. The standard InChI is InChI=1S/C24H20BrClN4O2S/c1-3-32-21-9-6-15(11-17(21)25)23(31)30-24(33)27-16-7-4-14(5-8-16)22-28-19-10-13(2)18(26)12-20(19)29-22/h4-12H,3H2,1-2H3,(H,28,29)(H2,27,30,31,33). The highest BCUT2D eigenvalue weighted by Gasteiger charge is 2.12. The smallest absolute Gasteiger partial charge is 0.257 e. The summed E-state index contributed by atoms with van der Waals surface area (Å²) in [4.78, 5) is 20.4. The molecular weight excluding hydrogens is 524 g/mol. The van der Waals surface area contributed by atoms with Crippen molar-refractivity contribution in [2.45, 2.75) is 13.8 Å². The lowest BCUT2D eigenvalue weighted by Gasteiger charge is -2.11. The van der Waals surface area contributed by atoms with Gasteiger partial charge in [-0.15, -0.1) is 0 Å². The average Bonchev–Trinajstić information content (AvgIpc) is 3.18. The summed E-state index contributed by atoms with van der Waals surface area (Å²) in [7, 11) is 0. The lowest BCUT2D eigenvalue weighted by atomic mass is 10.2. The first-order valence-corrected chi connectivity index (χ1v) is 11.7. The molecule has 0 unspecified atom stereocenters. The minimum Gasteiger partial charge on any atom is -0.493 e. The summed E-state index contributed by atoms with van der Waals surface area (Å²) in [6, 6.07) is 16.5. The fourth-order valence-electron chi connectivity index (χ4n) is 3.24. The second kappa shape index (κ2) is 9.91. The first-order valence-electron chi connectivity index (χ1n) is 10.1. The van der Waals surface area contributed by atoms with E-state index in [-0.39, 0.29) is 11.0 Å². The Morgan fingerprint density at radius 2 is 1.94 bits per heavy atom. The number of hydrogen-bond acceptors (Lipinski definition) is 4. The zero-order chi connectivity index (χ0) is 23.5. The quantitative estimate of drug-likeness (QED) is 0.251. The second-order valence-electron chi connectivity index (χ2n) is 7.27. The van der Waals surface area contributed by atoms with E-state index in [1.807, 2.05) is 50.2 Å². The van der Waals surface area contributed by atoms with Crippen LogP contribution >= 0.6 is 39.7 Å². The monoisotopic (exact) mass is 542 g/mol. The Labute approximate surface area is 209 Å². The highest BCUT2D eigenvalue weighted by molar-refractivity contribution is 9.10. The van der Waals surface area contributed by atoms with Crippen LogP contribution in [0, 0.1) is 6.92 Å². The van der Waals surface area contributed by atoms with Crippen LogP contribution in [0.4, 0.5) is 5.69 Å². The van der Waals surface area contributed by atoms with Gasteiger partial charge in [-0.25, -0.2) is 4.98 Å². The molecule has 6 nitrogen and oxygen atoms in total. The Morgan fingerprint density at radius 1 is 1.18 bits per heavy atom. The average molecular weight is 544 g/mol. The number of ether oxygens (including phenoxy) is 1. The zero-order valence-corrected chi connectivity index (χ0v) is 21.0. The highest BCUT2D eigenvalue weighted by atomic mass is 79.9. The Morgan fingerprint density at radius 3 is 2.64 bits per heavy atom. The summed E-state index contributed by atoms with van der Waals surface area (Å²) < 4.78 is 6.17. The summed E-state index contributed by atoms with van der Waals surface area (Å²) in [6.07, 6.45) is 0. The van der Waals surface area contributed by atoms with Gasteiger partial charge in [0.2, 0.25) is 0 Å². The molecule has 33 heavy (non-hydrogen) atoms. The number of thiocarbonyl (C=S) groups is 1. The Hall–Kier alpha value is -2.94. The van der Waals surface area contributed by atoms with Crippen LogP contribution in [0.25, 0.3) is 22.4 Å². The molecule has 0 fully saturated rings. The van der Waals surface area contributed by atoms with Crippen LogP contribution in [0.15, 0.2) is 59.1 Å². The van der Waals surface area contributed by atoms with Gasteiger partial charge < -0.3 is 15.0 Å². The van der Waals surface area contributed by atoms with Crippen molar-refractivity contribution in [1.29, 1.82) is 0 Å². The number of aromatic amines is 1. The van der Waals surface area contributed by atoms with Crippen LogP contribution < -0.4 is 15.4 Å². The van der Waals surface area contributed by atoms with Crippen molar-refractivity contribution < 1.29 is 9.53 Å². The number of hydrogen-bond donors (Lipinski definition) is 3. The predicted octanol–water partition coefficient (Wildman–Crippen LogP) is 6.48. The maximum Gasteiger partial charge on any atom is 0.257 e. The number of halogens is 2. The number of aromatic nitrogens is 2. The van der Waals surface area contributed by atoms with Crippen LogP contribution in [-0.4, -0.2) is 27.6 Å². The molecule has 1 amide bonds. The number of nitrogens with zero attached hydrogens (tertiary/aromatic N) is 1. The van der Waals surface area contributed by atoms with Gasteiger partial charge >= 0.3 is 0 Å². The van der Waals surface area contributed by atoms with Crippen LogP contribution in [0.3, 0.4) is 0 Å². The highest BCUT2D eigenvalue weighted by Crippen LogP contribution is 2.27. The predicted molar refractivity (Wildman–Crippen MR) is 140 cm³/mol. The van der Waals surface area contributed by atoms with Crippen molar-refractivity contribution in [3.05, 3.63) is 75.2 Å². The number of aryl methyl sites for hydroxylation is 1. The molecule has 0 saturated carbocycles. The van der Waals surface area contributed by atoms with Crippen molar-refractivity contribution in [2.24, 2.45) is 0 Å². The van der Waals surface area contributed by atoms with Gasteiger partial charge in [-0.2, -0.15) is 0 Å². The second-order valence-corrected chi connectivity index (χ2v) is 8.94. The molecule has 0 aliphatic rings. The molecule has 0 bridgehead atoms. The number of carbonyl (C=O) groups excluding carboxylic acids is 1. The Kier molecular flexibility index (Phi) is 6.97. The third-order valence-corrected chi connectivity index (χ3v) is 6.13. The number of fused-ring (bicyclic) bond motifs is 1. The topological polar surface area (TPSA) is 79.0 Å². The number of imidazole rings is 1. The van der Waals surface area contributed by atoms with Gasteiger partial charge in [0.25, 0.3) is 5.91 Å². The summed E-state index contributed by atoms with van der Waals surface area (Å²) in [6.45, 7) is 4.40. The number of carbonyl (C=O) groups is 1. The third kappa shape index (κ3) is 5.35. The van der Waals surface area contributed by atoms with Gasteiger partial charge in [0.15, 0.2) is 5.11 Å². The summed E-state index contributed by atoms with van der Waals surface area (Å²) in [5.74, 6) is 1.11. The SMILES string of the molecule is CCOc1ccc(C(=O)NC(=S)Nc2ccc(-c3nc4cc(Cl)c(C)cc4[nH]3)cc2)cc1Br. The third-order valence-electron chi connectivity index (χ3n) is 4.90. The van der Waals surface area contributed by atoms with E-state index in [0.717, 1.165) is 33.7 Å². The molecule has 0 radical (unpaired) electrons. The molecule has 1 aromatic heterocycles. The van der Waals surface area contributed by atoms with Gasteiger partial charge in [-0.3, -0.25) is 10.1 Å². The number of anilines is 1. The number of rotatable bonds is 5. The fourth-order valence-corrected chi connectivity index (χ4v) is 4.10. The molecule has 9 heteroatoms. The van der Waals surface area contributed by atoms with E-state index in [4.69, 9.17) is 28.6 Å². The normalized spacial score (nSPS) is 10.8. The van der Waals surface area contributed by atoms with E-state index in [1.165, 1.54) is 0 Å². The van der Waals surface area contributed by atoms with Gasteiger partial charge in [0.1, 0.15) is 11.6 Å². The lowest BCUT2D eigenvalue weighted by molar-refractivity contribution is 0.0977. The number of nitrogens with one attached hydrogen (secondary N) is 3. The van der Waals surface area contributed by atoms with Crippen LogP contribution in [0.2, 0.25) is 5.02 Å². The molecule has 168 valence electrons. The van der Waals surface area contributed by atoms with Crippen molar-refractivity contribution in [3.8, 4) is 17.1 Å². The number of amides is 1. The number of benzene rings is 3. The van der Waals surface area contributed by atoms with Gasteiger partial charge in [0, 0.05) is 21.8 Å². The van der Waals surface area contributed by atoms with Crippen LogP contribution in [0.5, 0.6) is 5.75 Å². The first-order chi connectivity index (χ1) is 15.8. The molecule has 0 saturated heterocycles. The molecule has 0 spiro atoms. The molecule has 0 aliphatic heterocycles. The van der Waals surface area contributed by atoms with Gasteiger partial charge in [-0.05, 0) is 102 Å². The van der Waals surface area contributed by atoms with E-state index < -0.39 is 0 Å². The molecule has 3 aromatic carbocycles. The molecule has 4 aromatic rings. The van der Waals surface area contributed by atoms with Crippen molar-refractivity contribution in [2.75, 3.05) is 11.9 Å². The Balaban J connectivity index is 1.41. The Bertz CT molecular complexity index is 1320. The zero-order valence-electron chi connectivity index (χ0n) is 17.8. The van der Waals surface area contributed by atoms with Gasteiger partial charge in [0.05, 0.1) is 22.1 Å². The molecule has 0 atom stereocenters. The van der Waals surface area contributed by atoms with Gasteiger partial charge in [-0.1, -0.05) is 11.6 Å².